The van der Waals surface area contributed by atoms with Crippen molar-refractivity contribution in [3.63, 3.8) is 0 Å². The number of methoxy groups -OCH3 is 3. The molecule has 0 fully saturated rings. The highest BCUT2D eigenvalue weighted by Gasteiger charge is 2.39. The summed E-state index contributed by atoms with van der Waals surface area (Å²) in [5.74, 6) is -1.59. The number of ether oxygens (including phenoxy) is 3. The van der Waals surface area contributed by atoms with Gasteiger partial charge in [-0.1, -0.05) is 12.1 Å². The second-order valence-electron chi connectivity index (χ2n) is 6.92. The Morgan fingerprint density at radius 2 is 1.71 bits per heavy atom. The summed E-state index contributed by atoms with van der Waals surface area (Å²) in [6.45, 7) is 0. The highest BCUT2D eigenvalue weighted by atomic mass is 16.6. The number of ketones is 1. The van der Waals surface area contributed by atoms with Gasteiger partial charge in [0.15, 0.2) is 5.78 Å². The van der Waals surface area contributed by atoms with E-state index in [1.165, 1.54) is 32.4 Å². The van der Waals surface area contributed by atoms with Gasteiger partial charge < -0.3 is 19.5 Å². The molecule has 2 aromatic carbocycles. The van der Waals surface area contributed by atoms with Gasteiger partial charge in [-0.25, -0.2) is 0 Å². The van der Waals surface area contributed by atoms with Gasteiger partial charge in [-0.05, 0) is 36.2 Å². The van der Waals surface area contributed by atoms with E-state index in [9.17, 15) is 19.7 Å². The van der Waals surface area contributed by atoms with E-state index in [0.29, 0.717) is 17.2 Å². The van der Waals surface area contributed by atoms with E-state index >= 15 is 0 Å². The number of nitro groups is 1. The predicted octanol–water partition coefficient (Wildman–Crippen LogP) is 3.45. The standard InChI is InChI=1S/C22H22N2O7/c1-29-15-6-4-13(5-7-15)17-10-14(11-20(25)21(17)22(26)31-3)23-18-9-8-16(30-2)12-19(18)24(27)28/h4-9,11-12,17,21,23H,10H2,1-3H3/t17-,21-/m1/s1. The molecule has 0 aromatic heterocycles. The molecule has 0 bridgehead atoms. The second-order valence-corrected chi connectivity index (χ2v) is 6.92. The summed E-state index contributed by atoms with van der Waals surface area (Å²) in [6.07, 6.45) is 1.58. The number of esters is 1. The number of benzene rings is 2. The quantitative estimate of drug-likeness (QED) is 0.310. The third kappa shape index (κ3) is 4.66. The monoisotopic (exact) mass is 426 g/mol. The SMILES string of the molecule is COC(=O)[C@H]1C(=O)C=C(Nc2ccc(OC)cc2[N+](=O)[O-])C[C@@H]1c1ccc(OC)cc1. The van der Waals surface area contributed by atoms with Crippen LogP contribution in [0.2, 0.25) is 0 Å². The van der Waals surface area contributed by atoms with Crippen molar-refractivity contribution in [2.75, 3.05) is 26.6 Å². The van der Waals surface area contributed by atoms with Gasteiger partial charge in [-0.2, -0.15) is 0 Å². The Balaban J connectivity index is 1.96. The molecule has 3 rings (SSSR count). The molecule has 9 heteroatoms. The van der Waals surface area contributed by atoms with Gasteiger partial charge in [0.25, 0.3) is 5.69 Å². The minimum Gasteiger partial charge on any atom is -0.497 e. The summed E-state index contributed by atoms with van der Waals surface area (Å²) in [5.41, 5.74) is 1.24. The molecule has 2 aromatic rings. The first-order valence-corrected chi connectivity index (χ1v) is 9.43. The van der Waals surface area contributed by atoms with E-state index in [1.807, 2.05) is 0 Å². The van der Waals surface area contributed by atoms with Crippen molar-refractivity contribution in [1.29, 1.82) is 0 Å². The van der Waals surface area contributed by atoms with Crippen LogP contribution in [0.3, 0.4) is 0 Å². The lowest BCUT2D eigenvalue weighted by molar-refractivity contribution is -0.384. The van der Waals surface area contributed by atoms with Crippen molar-refractivity contribution >= 4 is 23.1 Å². The van der Waals surface area contributed by atoms with Gasteiger partial charge in [0.2, 0.25) is 0 Å². The Morgan fingerprint density at radius 1 is 1.06 bits per heavy atom. The van der Waals surface area contributed by atoms with Gasteiger partial charge in [0.05, 0.1) is 32.3 Å². The summed E-state index contributed by atoms with van der Waals surface area (Å²) in [5, 5.41) is 14.5. The predicted molar refractivity (Wildman–Crippen MR) is 112 cm³/mol. The Kier molecular flexibility index (Phi) is 6.54. The molecule has 9 nitrogen and oxygen atoms in total. The first-order chi connectivity index (χ1) is 14.9. The number of carbonyl (C=O) groups excluding carboxylic acids is 2. The van der Waals surface area contributed by atoms with E-state index in [2.05, 4.69) is 5.32 Å². The number of nitro benzene ring substituents is 1. The number of hydrogen-bond donors (Lipinski definition) is 1. The topological polar surface area (TPSA) is 117 Å². The fourth-order valence-corrected chi connectivity index (χ4v) is 3.60. The molecule has 0 saturated heterocycles. The van der Waals surface area contributed by atoms with Crippen LogP contribution in [0, 0.1) is 16.0 Å². The number of carbonyl (C=O) groups is 2. The number of rotatable bonds is 7. The smallest absolute Gasteiger partial charge is 0.317 e. The van der Waals surface area contributed by atoms with Crippen LogP contribution in [-0.4, -0.2) is 38.0 Å². The molecule has 162 valence electrons. The van der Waals surface area contributed by atoms with Crippen molar-refractivity contribution < 1.29 is 28.7 Å². The van der Waals surface area contributed by atoms with Crippen LogP contribution >= 0.6 is 0 Å². The van der Waals surface area contributed by atoms with E-state index in [-0.39, 0.29) is 17.8 Å². The number of nitrogens with one attached hydrogen (secondary N) is 1. The molecule has 0 amide bonds. The average Bonchev–Trinajstić information content (AvgIpc) is 2.78. The van der Waals surface area contributed by atoms with Crippen LogP contribution < -0.4 is 14.8 Å². The lowest BCUT2D eigenvalue weighted by atomic mass is 9.76. The largest absolute Gasteiger partial charge is 0.497 e. The van der Waals surface area contributed by atoms with Crippen molar-refractivity contribution in [3.8, 4) is 11.5 Å². The third-order valence-corrected chi connectivity index (χ3v) is 5.16. The zero-order valence-electron chi connectivity index (χ0n) is 17.3. The number of anilines is 1. The van der Waals surface area contributed by atoms with Crippen LogP contribution in [0.25, 0.3) is 0 Å². The fraction of sp³-hybridized carbons (Fsp3) is 0.273. The average molecular weight is 426 g/mol. The molecule has 0 heterocycles. The Labute approximate surface area is 178 Å². The van der Waals surface area contributed by atoms with Crippen LogP contribution in [0.15, 0.2) is 54.2 Å². The lowest BCUT2D eigenvalue weighted by Gasteiger charge is -2.29. The van der Waals surface area contributed by atoms with Gasteiger partial charge >= 0.3 is 5.97 Å². The Hall–Kier alpha value is -3.88. The molecule has 0 unspecified atom stereocenters. The van der Waals surface area contributed by atoms with Crippen LogP contribution in [-0.2, 0) is 14.3 Å². The summed E-state index contributed by atoms with van der Waals surface area (Å²) in [7, 11) is 4.20. The molecule has 1 N–H and O–H groups in total. The molecule has 1 aliphatic carbocycles. The van der Waals surface area contributed by atoms with Crippen molar-refractivity contribution in [3.05, 3.63) is 69.9 Å². The highest BCUT2D eigenvalue weighted by Crippen LogP contribution is 2.39. The summed E-state index contributed by atoms with van der Waals surface area (Å²) < 4.78 is 15.1. The molecule has 0 aliphatic heterocycles. The second kappa shape index (κ2) is 9.29. The van der Waals surface area contributed by atoms with E-state index in [4.69, 9.17) is 14.2 Å². The van der Waals surface area contributed by atoms with Crippen LogP contribution in [0.4, 0.5) is 11.4 Å². The number of hydrogen-bond acceptors (Lipinski definition) is 8. The van der Waals surface area contributed by atoms with Gasteiger partial charge in [0.1, 0.15) is 23.1 Å². The van der Waals surface area contributed by atoms with Gasteiger partial charge in [-0.15, -0.1) is 0 Å². The van der Waals surface area contributed by atoms with Gasteiger partial charge in [0, 0.05) is 17.7 Å². The molecule has 31 heavy (non-hydrogen) atoms. The van der Waals surface area contributed by atoms with Crippen LogP contribution in [0.1, 0.15) is 17.9 Å². The minimum absolute atomic E-state index is 0.191. The number of allylic oxidation sites excluding steroid dienone is 2. The molecular formula is C22H22N2O7. The fourth-order valence-electron chi connectivity index (χ4n) is 3.60. The summed E-state index contributed by atoms with van der Waals surface area (Å²) in [6, 6.07) is 11.4. The van der Waals surface area contributed by atoms with Crippen molar-refractivity contribution in [1.82, 2.24) is 0 Å². The summed E-state index contributed by atoms with van der Waals surface area (Å²) >= 11 is 0. The maximum atomic E-state index is 12.8. The maximum Gasteiger partial charge on any atom is 0.317 e. The molecule has 2 atom stereocenters. The van der Waals surface area contributed by atoms with Crippen molar-refractivity contribution in [2.45, 2.75) is 12.3 Å². The Morgan fingerprint density at radius 3 is 2.29 bits per heavy atom. The highest BCUT2D eigenvalue weighted by molar-refractivity contribution is 6.07. The van der Waals surface area contributed by atoms with E-state index < -0.39 is 28.5 Å². The van der Waals surface area contributed by atoms with Crippen molar-refractivity contribution in [2.24, 2.45) is 5.92 Å². The number of nitrogens with zero attached hydrogens (tertiary/aromatic N) is 1. The first kappa shape index (κ1) is 21.8. The molecule has 0 saturated carbocycles. The minimum atomic E-state index is -1.00. The molecule has 1 aliphatic rings. The zero-order chi connectivity index (χ0) is 22.5. The van der Waals surface area contributed by atoms with Gasteiger partial charge in [-0.3, -0.25) is 19.7 Å². The lowest BCUT2D eigenvalue weighted by Crippen LogP contribution is -2.34. The first-order valence-electron chi connectivity index (χ1n) is 9.43. The maximum absolute atomic E-state index is 12.8. The summed E-state index contributed by atoms with van der Waals surface area (Å²) in [4.78, 5) is 36.1. The van der Waals surface area contributed by atoms with Crippen LogP contribution in [0.5, 0.6) is 11.5 Å². The molecule has 0 spiro atoms. The molecular weight excluding hydrogens is 404 g/mol. The normalized spacial score (nSPS) is 18.0. The van der Waals surface area contributed by atoms with E-state index in [1.54, 1.807) is 37.4 Å². The van der Waals surface area contributed by atoms with E-state index in [0.717, 1.165) is 5.56 Å². The Bertz CT molecular complexity index is 1030. The third-order valence-electron chi connectivity index (χ3n) is 5.16. The molecule has 0 radical (unpaired) electrons. The zero-order valence-corrected chi connectivity index (χ0v) is 17.3.